The number of aliphatic hydroxyl groups excluding tert-OH is 1. The van der Waals surface area contributed by atoms with Gasteiger partial charge < -0.3 is 24.7 Å². The predicted octanol–water partition coefficient (Wildman–Crippen LogP) is 3.86. The molecule has 2 amide bonds. The molecule has 3 unspecified atom stereocenters. The molecule has 0 radical (unpaired) electrons. The second-order valence-electron chi connectivity index (χ2n) is 12.0. The molecule has 3 fully saturated rings. The van der Waals surface area contributed by atoms with Crippen LogP contribution in [0.2, 0.25) is 0 Å². The molecule has 1 spiro atoms. The fraction of sp³-hybridized carbons (Fsp3) is 0.516. The summed E-state index contributed by atoms with van der Waals surface area (Å²) >= 11 is 0. The van der Waals surface area contributed by atoms with Crippen molar-refractivity contribution >= 4 is 34.2 Å². The molecular formula is C31H38N2O6. The monoisotopic (exact) mass is 534 g/mol. The lowest BCUT2D eigenvalue weighted by Gasteiger charge is -2.40. The van der Waals surface area contributed by atoms with Crippen LogP contribution >= 0.6 is 0 Å². The first-order valence-electron chi connectivity index (χ1n) is 13.8. The molecule has 2 aromatic rings. The zero-order valence-electron chi connectivity index (χ0n) is 23.0. The molecule has 39 heavy (non-hydrogen) atoms. The maximum Gasteiger partial charge on any atom is 0.310 e. The van der Waals surface area contributed by atoms with Crippen molar-refractivity contribution in [2.24, 2.45) is 23.7 Å². The van der Waals surface area contributed by atoms with Crippen molar-refractivity contribution in [3.8, 4) is 0 Å². The van der Waals surface area contributed by atoms with Crippen LogP contribution in [0.1, 0.15) is 40.5 Å². The second kappa shape index (κ2) is 9.75. The Balaban J connectivity index is 1.66. The molecule has 2 bridgehead atoms. The molecule has 5 rings (SSSR count). The Hall–Kier alpha value is -3.23. The van der Waals surface area contributed by atoms with Crippen LogP contribution in [0, 0.1) is 23.7 Å². The fourth-order valence-corrected chi connectivity index (χ4v) is 7.49. The van der Waals surface area contributed by atoms with Crippen molar-refractivity contribution < 1.29 is 29.3 Å². The summed E-state index contributed by atoms with van der Waals surface area (Å²) < 4.78 is 6.63. The molecule has 3 aliphatic rings. The number of aliphatic carboxylic acids is 1. The number of hydrogen-bond donors (Lipinski definition) is 2. The molecule has 3 aliphatic heterocycles. The van der Waals surface area contributed by atoms with Gasteiger partial charge in [-0.1, -0.05) is 57.2 Å². The number of nitrogens with zero attached hydrogens (tertiary/aromatic N) is 2. The van der Waals surface area contributed by atoms with E-state index in [0.29, 0.717) is 18.5 Å². The molecule has 0 aromatic heterocycles. The van der Waals surface area contributed by atoms with Gasteiger partial charge in [0.15, 0.2) is 0 Å². The minimum atomic E-state index is -1.30. The second-order valence-corrected chi connectivity index (χ2v) is 12.0. The number of likely N-dealkylation sites (tertiary alicyclic amines) is 1. The number of carbonyl (C=O) groups excluding carboxylic acids is 2. The molecule has 208 valence electrons. The number of amides is 2. The highest BCUT2D eigenvalue weighted by atomic mass is 16.5. The van der Waals surface area contributed by atoms with E-state index in [9.17, 15) is 24.6 Å². The molecule has 8 heteroatoms. The van der Waals surface area contributed by atoms with E-state index in [4.69, 9.17) is 4.74 Å². The zero-order valence-corrected chi connectivity index (χ0v) is 23.0. The minimum absolute atomic E-state index is 0.136. The summed E-state index contributed by atoms with van der Waals surface area (Å²) in [6, 6.07) is 11.9. The molecule has 3 heterocycles. The lowest BCUT2D eigenvalue weighted by molar-refractivity contribution is -0.157. The first-order chi connectivity index (χ1) is 18.5. The largest absolute Gasteiger partial charge is 0.481 e. The van der Waals surface area contributed by atoms with E-state index >= 15 is 0 Å². The van der Waals surface area contributed by atoms with Crippen molar-refractivity contribution in [3.05, 3.63) is 55.1 Å². The SMILES string of the molecule is C=CCN(C(=O)C1N([C@@H](CO)CC(C)C)C(=O)[C@@H]2[C@@H](C(=O)O)[C@]3(C)OC12CC3C)c1ccc2ccccc2c1. The minimum Gasteiger partial charge on any atom is -0.481 e. The van der Waals surface area contributed by atoms with Gasteiger partial charge in [-0.25, -0.2) is 0 Å². The van der Waals surface area contributed by atoms with Crippen LogP contribution in [0.15, 0.2) is 55.1 Å². The van der Waals surface area contributed by atoms with E-state index in [-0.39, 0.29) is 30.9 Å². The maximum atomic E-state index is 14.7. The third kappa shape index (κ3) is 3.99. The average Bonchev–Trinajstić information content (AvgIpc) is 3.41. The van der Waals surface area contributed by atoms with E-state index in [0.717, 1.165) is 10.8 Å². The van der Waals surface area contributed by atoms with Crippen molar-refractivity contribution in [1.29, 1.82) is 0 Å². The van der Waals surface area contributed by atoms with Gasteiger partial charge in [0.1, 0.15) is 17.6 Å². The lowest BCUT2D eigenvalue weighted by Crippen LogP contribution is -2.59. The summed E-state index contributed by atoms with van der Waals surface area (Å²) in [5.41, 5.74) is -1.72. The summed E-state index contributed by atoms with van der Waals surface area (Å²) in [6.45, 7) is 11.4. The van der Waals surface area contributed by atoms with E-state index in [1.165, 1.54) is 4.90 Å². The van der Waals surface area contributed by atoms with E-state index in [1.54, 1.807) is 17.9 Å². The summed E-state index contributed by atoms with van der Waals surface area (Å²) in [4.78, 5) is 44.6. The average molecular weight is 535 g/mol. The van der Waals surface area contributed by atoms with Crippen molar-refractivity contribution in [1.82, 2.24) is 4.90 Å². The molecule has 0 aliphatic carbocycles. The van der Waals surface area contributed by atoms with Crippen molar-refractivity contribution in [3.63, 3.8) is 0 Å². The number of fused-ring (bicyclic) bond motifs is 2. The van der Waals surface area contributed by atoms with Crippen LogP contribution < -0.4 is 4.90 Å². The number of benzene rings is 2. The van der Waals surface area contributed by atoms with Gasteiger partial charge in [0, 0.05) is 12.2 Å². The Morgan fingerprint density at radius 3 is 2.54 bits per heavy atom. The van der Waals surface area contributed by atoms with Gasteiger partial charge in [0.25, 0.3) is 5.91 Å². The molecule has 7 atom stereocenters. The number of carboxylic acids is 1. The number of rotatable bonds is 9. The zero-order chi connectivity index (χ0) is 28.3. The Kier molecular flexibility index (Phi) is 6.84. The van der Waals surface area contributed by atoms with Crippen LogP contribution in [0.4, 0.5) is 5.69 Å². The van der Waals surface area contributed by atoms with Gasteiger partial charge in [-0.05, 0) is 54.5 Å². The predicted molar refractivity (Wildman–Crippen MR) is 148 cm³/mol. The Labute approximate surface area is 229 Å². The first kappa shape index (κ1) is 27.3. The van der Waals surface area contributed by atoms with Gasteiger partial charge in [0.2, 0.25) is 5.91 Å². The molecule has 3 saturated heterocycles. The highest BCUT2D eigenvalue weighted by molar-refractivity contribution is 6.05. The summed E-state index contributed by atoms with van der Waals surface area (Å²) in [5.74, 6) is -4.01. The fourth-order valence-electron chi connectivity index (χ4n) is 7.49. The standard InChI is InChI=1S/C31H38N2O6/c1-6-13-32(22-12-11-20-9-7-8-10-21(20)15-22)28(36)26-31-16-19(4)30(5,39-31)25(29(37)38)24(31)27(35)33(26)23(17-34)14-18(2)3/h6-12,15,18-19,23-26,34H,1,13-14,16-17H2,2-5H3,(H,37,38)/t19?,23-,24+,25+,26?,30-,31?/m1/s1. The summed E-state index contributed by atoms with van der Waals surface area (Å²) in [6.07, 6.45) is 2.49. The highest BCUT2D eigenvalue weighted by Gasteiger charge is 2.80. The van der Waals surface area contributed by atoms with Crippen LogP contribution in [0.3, 0.4) is 0 Å². The number of anilines is 1. The van der Waals surface area contributed by atoms with E-state index in [2.05, 4.69) is 6.58 Å². The highest BCUT2D eigenvalue weighted by Crippen LogP contribution is 2.65. The number of ether oxygens (including phenoxy) is 1. The van der Waals surface area contributed by atoms with Crippen LogP contribution in [0.25, 0.3) is 10.8 Å². The summed E-state index contributed by atoms with van der Waals surface area (Å²) in [7, 11) is 0. The van der Waals surface area contributed by atoms with Gasteiger partial charge in [-0.15, -0.1) is 6.58 Å². The quantitative estimate of drug-likeness (QED) is 0.473. The van der Waals surface area contributed by atoms with Gasteiger partial charge in [-0.3, -0.25) is 14.4 Å². The first-order valence-corrected chi connectivity index (χ1v) is 13.8. The Morgan fingerprint density at radius 1 is 1.23 bits per heavy atom. The lowest BCUT2D eigenvalue weighted by atomic mass is 9.62. The van der Waals surface area contributed by atoms with Gasteiger partial charge in [0.05, 0.1) is 24.2 Å². The number of carbonyl (C=O) groups is 3. The third-order valence-electron chi connectivity index (χ3n) is 9.22. The number of hydrogen-bond acceptors (Lipinski definition) is 5. The number of carboxylic acid groups (broad SMARTS) is 1. The smallest absolute Gasteiger partial charge is 0.310 e. The topological polar surface area (TPSA) is 107 Å². The van der Waals surface area contributed by atoms with Gasteiger partial charge >= 0.3 is 5.97 Å². The van der Waals surface area contributed by atoms with Crippen molar-refractivity contribution in [2.75, 3.05) is 18.1 Å². The van der Waals surface area contributed by atoms with E-state index < -0.39 is 47.0 Å². The van der Waals surface area contributed by atoms with Crippen LogP contribution in [-0.2, 0) is 19.1 Å². The van der Waals surface area contributed by atoms with Gasteiger partial charge in [-0.2, -0.15) is 0 Å². The molecular weight excluding hydrogens is 496 g/mol. The normalized spacial score (nSPS) is 32.1. The molecule has 8 nitrogen and oxygen atoms in total. The third-order valence-corrected chi connectivity index (χ3v) is 9.22. The molecule has 0 saturated carbocycles. The Bertz CT molecular complexity index is 1330. The van der Waals surface area contributed by atoms with Crippen molar-refractivity contribution in [2.45, 2.75) is 63.8 Å². The van der Waals surface area contributed by atoms with Crippen LogP contribution in [0.5, 0.6) is 0 Å². The number of aliphatic hydroxyl groups is 1. The Morgan fingerprint density at radius 2 is 1.92 bits per heavy atom. The maximum absolute atomic E-state index is 14.7. The van der Waals surface area contributed by atoms with E-state index in [1.807, 2.05) is 63.2 Å². The van der Waals surface area contributed by atoms with Crippen LogP contribution in [-0.4, -0.2) is 69.3 Å². The molecule has 2 aromatic carbocycles. The summed E-state index contributed by atoms with van der Waals surface area (Å²) in [5, 5.41) is 22.7. The molecule has 2 N–H and O–H groups in total.